The van der Waals surface area contributed by atoms with Gasteiger partial charge < -0.3 is 41.1 Å². The summed E-state index contributed by atoms with van der Waals surface area (Å²) in [4.78, 5) is 94.7. The summed E-state index contributed by atoms with van der Waals surface area (Å²) in [5, 5.41) is 52.5. The van der Waals surface area contributed by atoms with E-state index < -0.39 is 23.6 Å². The van der Waals surface area contributed by atoms with E-state index in [-0.39, 0.29) is 102 Å². The summed E-state index contributed by atoms with van der Waals surface area (Å²) in [7, 11) is 1.00. The smallest absolute Gasteiger partial charge is 0.870 e. The number of aliphatic hydroxyl groups excluding tert-OH is 1. The second kappa shape index (κ2) is 30.0. The zero-order valence-electron chi connectivity index (χ0n) is 39.3. The first kappa shape index (κ1) is 61.3. The summed E-state index contributed by atoms with van der Waals surface area (Å²) in [5.41, 5.74) is 6.08. The van der Waals surface area contributed by atoms with Gasteiger partial charge in [-0.2, -0.15) is 4.98 Å². The maximum Gasteiger partial charge on any atom is 1.00 e. The van der Waals surface area contributed by atoms with Crippen LogP contribution in [-0.4, -0.2) is 94.7 Å². The molecule has 1 aliphatic rings. The molecule has 0 spiro atoms. The molecule has 0 aliphatic heterocycles. The summed E-state index contributed by atoms with van der Waals surface area (Å²) in [6, 6.07) is 29.7. The number of aliphatic hydroxyl groups is 1. The molecule has 0 amide bonds. The van der Waals surface area contributed by atoms with E-state index in [1.165, 1.54) is 68.0 Å². The Balaban J connectivity index is 0.000000488. The first-order valence-electron chi connectivity index (χ1n) is 20.4. The number of aldehydes is 1. The number of phenols is 2. The van der Waals surface area contributed by atoms with Gasteiger partial charge in [-0.05, 0) is 121 Å². The minimum absolute atomic E-state index is 0. The molecule has 0 saturated carbocycles. The SMILES string of the molecule is CC(=O)C1=C[CH+]C(=O)C(C)=C1.CO.Cc1cc(-c2cc(-c3cccc(C(=O)O)c3)nc(=O)[nH]2)ccc1O.Cc1cc(C(=O)/C=C/c2cccc(C(=O)O)c2)ccc1O.O=Cc1cccc(C(=O)O)c1.[K+].[OH-]. The maximum absolute atomic E-state index is 12.0. The van der Waals surface area contributed by atoms with Gasteiger partial charge in [0.2, 0.25) is 5.78 Å². The Morgan fingerprint density at radius 3 is 1.68 bits per heavy atom. The normalized spacial score (nSPS) is 10.8. The van der Waals surface area contributed by atoms with Crippen molar-refractivity contribution < 1.29 is 121 Å². The number of carboxylic acids is 3. The Morgan fingerprint density at radius 1 is 0.634 bits per heavy atom. The molecule has 0 radical (unpaired) electrons. The van der Waals surface area contributed by atoms with E-state index in [1.807, 2.05) is 0 Å². The van der Waals surface area contributed by atoms with Crippen molar-refractivity contribution in [3.63, 3.8) is 0 Å². The Kier molecular flexibility index (Phi) is 25.9. The van der Waals surface area contributed by atoms with Gasteiger partial charge in [-0.3, -0.25) is 19.2 Å². The van der Waals surface area contributed by atoms with Crippen LogP contribution >= 0.6 is 0 Å². The number of nitrogens with zero attached hydrogens (tertiary/aromatic N) is 1. The number of carbonyl (C=O) groups is 7. The number of ketones is 3. The second-order valence-corrected chi connectivity index (χ2v) is 14.6. The number of H-pyrrole nitrogens is 1. The maximum atomic E-state index is 12.0. The molecule has 18 heteroatoms. The van der Waals surface area contributed by atoms with Crippen molar-refractivity contribution in [3.8, 4) is 34.0 Å². The number of aryl methyl sites for hydroxylation is 2. The van der Waals surface area contributed by atoms with Crippen LogP contribution in [0.5, 0.6) is 11.5 Å². The number of Topliss-reactive ketones (excluding diaryl/α,β-unsaturated/α-hetero) is 2. The molecule has 8 N–H and O–H groups in total. The zero-order valence-corrected chi connectivity index (χ0v) is 42.4. The number of aromatic hydroxyl groups is 2. The molecular weight excluding hydrogens is 944 g/mol. The average Bonchev–Trinajstić information content (AvgIpc) is 3.34. The number of hydrogen-bond acceptors (Lipinski definition) is 13. The van der Waals surface area contributed by atoms with Gasteiger partial charge in [-0.1, -0.05) is 42.5 Å². The van der Waals surface area contributed by atoms with Gasteiger partial charge in [0.25, 0.3) is 5.78 Å². The van der Waals surface area contributed by atoms with Crippen molar-refractivity contribution >= 4 is 47.6 Å². The molecule has 7 rings (SSSR count). The minimum atomic E-state index is -1.05. The Bertz CT molecular complexity index is 3060. The molecule has 0 unspecified atom stereocenters. The largest absolute Gasteiger partial charge is 1.00 e. The van der Waals surface area contributed by atoms with Crippen LogP contribution in [0.2, 0.25) is 0 Å². The predicted octanol–water partition coefficient (Wildman–Crippen LogP) is 4.98. The quantitative estimate of drug-likeness (QED) is 0.0313. The van der Waals surface area contributed by atoms with Gasteiger partial charge in [0.15, 0.2) is 5.78 Å². The molecule has 1 aromatic heterocycles. The Morgan fingerprint density at radius 2 is 1.15 bits per heavy atom. The molecule has 17 nitrogen and oxygen atoms in total. The van der Waals surface area contributed by atoms with Gasteiger partial charge in [0, 0.05) is 37.6 Å². The third-order valence-electron chi connectivity index (χ3n) is 9.55. The number of rotatable bonds is 10. The van der Waals surface area contributed by atoms with Crippen LogP contribution in [0.1, 0.15) is 82.3 Å². The molecule has 1 heterocycles. The van der Waals surface area contributed by atoms with Crippen LogP contribution in [0.25, 0.3) is 28.6 Å². The topological polar surface area (TPSA) is 317 Å². The van der Waals surface area contributed by atoms with E-state index in [4.69, 9.17) is 20.4 Å². The van der Waals surface area contributed by atoms with Crippen molar-refractivity contribution in [1.29, 1.82) is 0 Å². The van der Waals surface area contributed by atoms with E-state index in [0.29, 0.717) is 62.2 Å². The monoisotopic (exact) mass is 991 g/mol. The third-order valence-corrected chi connectivity index (χ3v) is 9.55. The van der Waals surface area contributed by atoms with E-state index in [1.54, 1.807) is 106 Å². The third kappa shape index (κ3) is 19.3. The molecule has 360 valence electrons. The molecule has 1 aliphatic carbocycles. The van der Waals surface area contributed by atoms with Crippen LogP contribution in [0.15, 0.2) is 149 Å². The van der Waals surface area contributed by atoms with Crippen LogP contribution in [0.4, 0.5) is 0 Å². The number of benzene rings is 5. The van der Waals surface area contributed by atoms with Crippen molar-refractivity contribution in [1.82, 2.24) is 9.97 Å². The molecule has 0 atom stereocenters. The van der Waals surface area contributed by atoms with Crippen molar-refractivity contribution in [2.45, 2.75) is 27.7 Å². The number of aromatic nitrogens is 2. The Hall–Kier alpha value is -7.68. The minimum Gasteiger partial charge on any atom is -0.870 e. The van der Waals surface area contributed by atoms with Gasteiger partial charge in [0.1, 0.15) is 23.4 Å². The fraction of sp³-hybridized carbons (Fsp3) is 0.0943. The van der Waals surface area contributed by atoms with Crippen LogP contribution in [0, 0.1) is 20.3 Å². The number of aromatic amines is 1. The molecule has 6 aromatic rings. The van der Waals surface area contributed by atoms with Crippen molar-refractivity contribution in [3.05, 3.63) is 206 Å². The number of hydrogen-bond donors (Lipinski definition) is 7. The summed E-state index contributed by atoms with van der Waals surface area (Å²) in [6.45, 7) is 6.66. The summed E-state index contributed by atoms with van der Waals surface area (Å²) in [5.74, 6) is -2.99. The van der Waals surface area contributed by atoms with Crippen LogP contribution < -0.4 is 57.1 Å². The van der Waals surface area contributed by atoms with Crippen LogP contribution in [-0.2, 0) is 9.59 Å². The molecule has 71 heavy (non-hydrogen) atoms. The van der Waals surface area contributed by atoms with E-state index >= 15 is 0 Å². The average molecular weight is 992 g/mol. The summed E-state index contributed by atoms with van der Waals surface area (Å²) >= 11 is 0. The Labute approximate surface area is 449 Å². The first-order valence-corrected chi connectivity index (χ1v) is 20.4. The van der Waals surface area contributed by atoms with E-state index in [0.717, 1.165) is 12.7 Å². The zero-order chi connectivity index (χ0) is 51.4. The number of aromatic carboxylic acids is 3. The van der Waals surface area contributed by atoms with E-state index in [9.17, 15) is 48.6 Å². The van der Waals surface area contributed by atoms with Crippen molar-refractivity contribution in [2.75, 3.05) is 7.11 Å². The van der Waals surface area contributed by atoms with Crippen molar-refractivity contribution in [2.24, 2.45) is 0 Å². The number of phenolic OH excluding ortho intramolecular Hbond substituents is 2. The number of carboxylic acid groups (broad SMARTS) is 3. The fourth-order valence-corrected chi connectivity index (χ4v) is 5.86. The summed E-state index contributed by atoms with van der Waals surface area (Å²) < 4.78 is 0. The molecular formula is C53H48KN2O15+. The number of allylic oxidation sites excluding steroid dienone is 5. The van der Waals surface area contributed by atoms with Gasteiger partial charge in [-0.15, -0.1) is 0 Å². The standard InChI is InChI=1S/C18H14N2O4.C17H14O4.C9H9O2.C8H6O3.CH4O.K.H2O/c1-10-7-12(5-6-16(10)21)15-9-14(19-18(24)20-15)11-3-2-4-13(8-11)17(22)23;1-11-9-13(6-8-15(11)18)16(19)7-5-12-3-2-4-14(10-12)17(20)21;1-6-5-8(7(2)10)3-4-9(6)11;9-5-6-2-1-3-7(4-6)8(10)11;1-2;;/h2-9,21H,1H3,(H,22,23)(H,19,20,24);2-10,18H,1H3,(H,20,21);3-5H,1-2H3;1-5H,(H,10,11);2H,1H3;;1H2/q;;+1;;;+1;/p-1/b;7-5+;;;;;. The van der Waals surface area contributed by atoms with Gasteiger partial charge in [0.05, 0.1) is 52.2 Å². The molecule has 0 fully saturated rings. The first-order chi connectivity index (χ1) is 32.8. The number of nitrogens with one attached hydrogen (secondary N) is 1. The second-order valence-electron chi connectivity index (χ2n) is 14.6. The van der Waals surface area contributed by atoms with Crippen LogP contribution in [0.3, 0.4) is 0 Å². The van der Waals surface area contributed by atoms with E-state index in [2.05, 4.69) is 9.97 Å². The molecule has 0 saturated heterocycles. The predicted molar refractivity (Wildman–Crippen MR) is 259 cm³/mol. The summed E-state index contributed by atoms with van der Waals surface area (Å²) in [6.07, 6.45) is 8.16. The molecule has 5 aromatic carbocycles. The molecule has 0 bridgehead atoms. The van der Waals surface area contributed by atoms with Gasteiger partial charge >= 0.3 is 75.0 Å². The van der Waals surface area contributed by atoms with Gasteiger partial charge in [-0.25, -0.2) is 19.2 Å². The number of carbonyl (C=O) groups excluding carboxylic acids is 4. The fourth-order valence-electron chi connectivity index (χ4n) is 5.86.